The van der Waals surface area contributed by atoms with E-state index in [0.717, 1.165) is 12.0 Å². The molecule has 0 spiro atoms. The van der Waals surface area contributed by atoms with Gasteiger partial charge in [0.15, 0.2) is 0 Å². The van der Waals surface area contributed by atoms with Crippen molar-refractivity contribution in [2.24, 2.45) is 16.7 Å². The molecular formula is C19H27F3O2. The molecule has 0 radical (unpaired) electrons. The van der Waals surface area contributed by atoms with Gasteiger partial charge in [0.05, 0.1) is 5.41 Å². The molecule has 3 unspecified atom stereocenters. The average Bonchev–Trinajstić information content (AvgIpc) is 2.46. The van der Waals surface area contributed by atoms with Crippen molar-refractivity contribution in [3.05, 3.63) is 17.4 Å². The summed E-state index contributed by atoms with van der Waals surface area (Å²) in [5, 5.41) is 0. The van der Waals surface area contributed by atoms with E-state index in [2.05, 4.69) is 5.73 Å². The molecule has 0 aromatic rings. The third kappa shape index (κ3) is 2.92. The summed E-state index contributed by atoms with van der Waals surface area (Å²) in [6.07, 6.45) is -0.406. The van der Waals surface area contributed by atoms with Gasteiger partial charge in [0.25, 0.3) is 0 Å². The summed E-state index contributed by atoms with van der Waals surface area (Å²) in [6.45, 7) is 7.62. The maximum absolute atomic E-state index is 13.9. The zero-order chi connectivity index (χ0) is 18.4. The fourth-order valence-corrected chi connectivity index (χ4v) is 4.04. The second-order valence-electron chi connectivity index (χ2n) is 8.32. The summed E-state index contributed by atoms with van der Waals surface area (Å²) < 4.78 is 47.0. The van der Waals surface area contributed by atoms with Crippen molar-refractivity contribution in [3.63, 3.8) is 0 Å². The first kappa shape index (κ1) is 19.1. The number of halogens is 3. The number of carbonyl (C=O) groups excluding carboxylic acids is 1. The summed E-state index contributed by atoms with van der Waals surface area (Å²) in [4.78, 5) is 12.9. The fraction of sp³-hybridized carbons (Fsp3) is 0.789. The van der Waals surface area contributed by atoms with Crippen LogP contribution in [0.3, 0.4) is 0 Å². The molecular weight excluding hydrogens is 317 g/mol. The van der Waals surface area contributed by atoms with E-state index < -0.39 is 28.6 Å². The average molecular weight is 344 g/mol. The maximum Gasteiger partial charge on any atom is 0.428 e. The monoisotopic (exact) mass is 344 g/mol. The molecule has 2 bridgehead atoms. The number of hydrogen-bond donors (Lipinski definition) is 0. The maximum atomic E-state index is 13.9. The van der Waals surface area contributed by atoms with Gasteiger partial charge in [0, 0.05) is 5.41 Å². The molecule has 0 aromatic carbocycles. The van der Waals surface area contributed by atoms with Crippen LogP contribution in [-0.2, 0) is 9.53 Å². The predicted molar refractivity (Wildman–Crippen MR) is 86.3 cm³/mol. The van der Waals surface area contributed by atoms with Crippen LogP contribution in [0, 0.1) is 16.7 Å². The molecule has 0 N–H and O–H groups in total. The highest BCUT2D eigenvalue weighted by Gasteiger charge is 2.64. The molecule has 2 rings (SSSR count). The van der Waals surface area contributed by atoms with E-state index in [1.54, 1.807) is 6.92 Å². The highest BCUT2D eigenvalue weighted by Crippen LogP contribution is 2.52. The first-order valence-corrected chi connectivity index (χ1v) is 8.60. The topological polar surface area (TPSA) is 26.3 Å². The van der Waals surface area contributed by atoms with E-state index in [-0.39, 0.29) is 12.3 Å². The number of fused-ring (bicyclic) bond motifs is 2. The van der Waals surface area contributed by atoms with E-state index in [9.17, 15) is 18.0 Å². The largest absolute Gasteiger partial charge is 0.448 e. The number of carbonyl (C=O) groups is 1. The van der Waals surface area contributed by atoms with Crippen LogP contribution >= 0.6 is 0 Å². The number of ether oxygens (including phenoxy) is 1. The molecule has 0 saturated heterocycles. The number of allylic oxidation sites excluding steroid dienone is 1. The molecule has 24 heavy (non-hydrogen) atoms. The molecule has 2 aliphatic rings. The summed E-state index contributed by atoms with van der Waals surface area (Å²) in [5.41, 5.74) is -0.233. The Morgan fingerprint density at radius 3 is 2.50 bits per heavy atom. The molecule has 136 valence electrons. The van der Waals surface area contributed by atoms with Crippen molar-refractivity contribution < 1.29 is 22.7 Å². The standard InChI is InChI=1S/C19H27F3O2/c1-6-18(16(2,3)4,19(20,21)22)24-15(23)17(5)11-10-13-8-7-9-14(17)12-13/h7,14H,6,9-12H2,1-5H3. The van der Waals surface area contributed by atoms with Gasteiger partial charge in [-0.05, 0) is 56.6 Å². The lowest BCUT2D eigenvalue weighted by Gasteiger charge is -2.48. The molecule has 5 heteroatoms. The first-order chi connectivity index (χ1) is 10.9. The van der Waals surface area contributed by atoms with Crippen molar-refractivity contribution in [2.75, 3.05) is 0 Å². The zero-order valence-electron chi connectivity index (χ0n) is 15.1. The van der Waals surface area contributed by atoms with Crippen molar-refractivity contribution in [1.29, 1.82) is 0 Å². The Morgan fingerprint density at radius 1 is 1.38 bits per heavy atom. The summed E-state index contributed by atoms with van der Waals surface area (Å²) >= 11 is 0. The predicted octanol–water partition coefficient (Wildman–Crippen LogP) is 5.58. The summed E-state index contributed by atoms with van der Waals surface area (Å²) in [6, 6.07) is 0. The van der Waals surface area contributed by atoms with E-state index in [4.69, 9.17) is 4.74 Å². The second kappa shape index (κ2) is 5.94. The summed E-state index contributed by atoms with van der Waals surface area (Å²) in [7, 11) is 0. The van der Waals surface area contributed by atoms with Crippen LogP contribution in [0.4, 0.5) is 13.2 Å². The molecule has 0 aromatic heterocycles. The Kier molecular flexibility index (Phi) is 4.73. The highest BCUT2D eigenvalue weighted by molar-refractivity contribution is 5.78. The second-order valence-corrected chi connectivity index (χ2v) is 8.32. The van der Waals surface area contributed by atoms with Crippen LogP contribution in [0.1, 0.15) is 66.7 Å². The quantitative estimate of drug-likeness (QED) is 0.493. The number of esters is 1. The number of rotatable bonds is 3. The third-order valence-electron chi connectivity index (χ3n) is 5.95. The molecule has 2 nitrogen and oxygen atoms in total. The van der Waals surface area contributed by atoms with Gasteiger partial charge >= 0.3 is 12.1 Å². The van der Waals surface area contributed by atoms with Crippen LogP contribution in [-0.4, -0.2) is 17.7 Å². The van der Waals surface area contributed by atoms with Crippen LogP contribution in [0.2, 0.25) is 0 Å². The summed E-state index contributed by atoms with van der Waals surface area (Å²) in [5.74, 6) is -0.714. The van der Waals surface area contributed by atoms with Gasteiger partial charge in [0.2, 0.25) is 5.60 Å². The van der Waals surface area contributed by atoms with E-state index in [1.807, 2.05) is 6.08 Å². The van der Waals surface area contributed by atoms with Gasteiger partial charge in [-0.2, -0.15) is 13.2 Å². The number of alkyl halides is 3. The Hall–Kier alpha value is -1.22. The smallest absolute Gasteiger partial charge is 0.428 e. The Bertz CT molecular complexity index is 562. The highest BCUT2D eigenvalue weighted by atomic mass is 19.4. The lowest BCUT2D eigenvalue weighted by Crippen LogP contribution is -2.59. The first-order valence-electron chi connectivity index (χ1n) is 8.60. The Morgan fingerprint density at radius 2 is 2.00 bits per heavy atom. The van der Waals surface area contributed by atoms with Crippen LogP contribution in [0.5, 0.6) is 0 Å². The molecule has 0 amide bonds. The van der Waals surface area contributed by atoms with Crippen LogP contribution < -0.4 is 0 Å². The van der Waals surface area contributed by atoms with Gasteiger partial charge in [-0.25, -0.2) is 0 Å². The lowest BCUT2D eigenvalue weighted by atomic mass is 9.63. The normalized spacial score (nSPS) is 29.7. The third-order valence-corrected chi connectivity index (χ3v) is 5.95. The van der Waals surface area contributed by atoms with Crippen molar-refractivity contribution >= 4 is 5.97 Å². The van der Waals surface area contributed by atoms with E-state index in [1.165, 1.54) is 27.7 Å². The minimum Gasteiger partial charge on any atom is -0.448 e. The van der Waals surface area contributed by atoms with Gasteiger partial charge in [-0.15, -0.1) is 5.73 Å². The molecule has 0 aliphatic heterocycles. The molecule has 3 atom stereocenters. The van der Waals surface area contributed by atoms with Crippen LogP contribution in [0.15, 0.2) is 17.4 Å². The van der Waals surface area contributed by atoms with Crippen molar-refractivity contribution in [3.8, 4) is 0 Å². The van der Waals surface area contributed by atoms with E-state index in [0.29, 0.717) is 19.3 Å². The Balaban J connectivity index is 2.33. The lowest BCUT2D eigenvalue weighted by molar-refractivity contribution is -0.306. The zero-order valence-corrected chi connectivity index (χ0v) is 15.1. The molecule has 2 aliphatic carbocycles. The fourth-order valence-electron chi connectivity index (χ4n) is 4.04. The molecule has 1 saturated carbocycles. The van der Waals surface area contributed by atoms with Crippen LogP contribution in [0.25, 0.3) is 0 Å². The molecule has 1 fully saturated rings. The van der Waals surface area contributed by atoms with Gasteiger partial charge < -0.3 is 4.74 Å². The van der Waals surface area contributed by atoms with Gasteiger partial charge in [-0.1, -0.05) is 27.7 Å². The Labute approximate surface area is 142 Å². The van der Waals surface area contributed by atoms with Crippen molar-refractivity contribution in [2.45, 2.75) is 78.5 Å². The number of hydrogen-bond acceptors (Lipinski definition) is 2. The minimum absolute atomic E-state index is 0.00208. The van der Waals surface area contributed by atoms with Crippen molar-refractivity contribution in [1.82, 2.24) is 0 Å². The SMILES string of the molecule is CCC(OC(=O)C1(C)CCC2=C=CCC1C2)(C(C)(C)C)C(F)(F)F. The van der Waals surface area contributed by atoms with Gasteiger partial charge in [-0.3, -0.25) is 4.79 Å². The van der Waals surface area contributed by atoms with Gasteiger partial charge in [0.1, 0.15) is 0 Å². The van der Waals surface area contributed by atoms with E-state index >= 15 is 0 Å². The minimum atomic E-state index is -4.61. The molecule has 0 heterocycles.